The Balaban J connectivity index is 1.75. The quantitative estimate of drug-likeness (QED) is 0.358. The van der Waals surface area contributed by atoms with E-state index in [4.69, 9.17) is 4.74 Å². The zero-order valence-corrected chi connectivity index (χ0v) is 19.3. The smallest absolute Gasteiger partial charge is 0.324 e. The van der Waals surface area contributed by atoms with Gasteiger partial charge in [-0.1, -0.05) is 38.6 Å². The molecule has 1 aromatic carbocycles. The van der Waals surface area contributed by atoms with E-state index in [9.17, 15) is 13.2 Å². The van der Waals surface area contributed by atoms with E-state index in [1.54, 1.807) is 12.1 Å². The van der Waals surface area contributed by atoms with Crippen LogP contribution in [0.5, 0.6) is 0 Å². The van der Waals surface area contributed by atoms with Crippen molar-refractivity contribution in [2.24, 2.45) is 5.92 Å². The number of carbonyl (C=O) groups excluding carboxylic acids is 1. The van der Waals surface area contributed by atoms with Crippen molar-refractivity contribution in [1.82, 2.24) is 19.7 Å². The van der Waals surface area contributed by atoms with E-state index < -0.39 is 22.0 Å². The molecule has 32 heavy (non-hydrogen) atoms. The third-order valence-electron chi connectivity index (χ3n) is 4.83. The number of pyridine rings is 1. The van der Waals surface area contributed by atoms with Crippen LogP contribution in [-0.2, 0) is 26.0 Å². The van der Waals surface area contributed by atoms with Crippen LogP contribution >= 0.6 is 0 Å². The van der Waals surface area contributed by atoms with Gasteiger partial charge < -0.3 is 9.72 Å². The second kappa shape index (κ2) is 10.1. The Hall–Kier alpha value is -3.04. The molecule has 8 nitrogen and oxygen atoms in total. The number of sulfonamides is 1. The van der Waals surface area contributed by atoms with Crippen molar-refractivity contribution in [3.05, 3.63) is 66.3 Å². The SMILES string of the molecule is C=CCOC(=O)[C@@H](CC(C)C)NS(=O)(=O)c1ccc(Cc2[nH]ccc3nc(C)nc2-3)cc1. The summed E-state index contributed by atoms with van der Waals surface area (Å²) >= 11 is 0. The third kappa shape index (κ3) is 5.80. The average Bonchev–Trinajstić information content (AvgIpc) is 3.12. The fourth-order valence-electron chi connectivity index (χ4n) is 3.39. The minimum Gasteiger partial charge on any atom is -0.460 e. The number of ether oxygens (including phenoxy) is 1. The molecule has 0 radical (unpaired) electrons. The fourth-order valence-corrected chi connectivity index (χ4v) is 4.58. The van der Waals surface area contributed by atoms with Gasteiger partial charge in [0.1, 0.15) is 24.2 Å². The van der Waals surface area contributed by atoms with Crippen LogP contribution < -0.4 is 4.72 Å². The molecular formula is C23H28N4O4S. The van der Waals surface area contributed by atoms with E-state index in [0.717, 1.165) is 22.6 Å². The minimum atomic E-state index is -3.90. The number of aromatic amines is 1. The molecule has 2 heterocycles. The number of fused-ring (bicyclic) bond motifs is 1. The zero-order valence-electron chi connectivity index (χ0n) is 18.5. The Morgan fingerprint density at radius 2 is 1.94 bits per heavy atom. The predicted molar refractivity (Wildman–Crippen MR) is 122 cm³/mol. The first kappa shape index (κ1) is 23.6. The molecule has 0 saturated carbocycles. The van der Waals surface area contributed by atoms with Gasteiger partial charge in [0.05, 0.1) is 10.6 Å². The lowest BCUT2D eigenvalue weighted by Crippen LogP contribution is -2.42. The number of nitrogens with one attached hydrogen (secondary N) is 2. The standard InChI is InChI=1S/C23H28N4O4S/c1-5-12-31-23(28)21(13-15(2)3)27-32(29,30)18-8-6-17(7-9-18)14-20-22-19(10-11-24-20)25-16(4)26-22/h5-11,15,21,24,27H,1,12-14H2,2-4H3/t21-/m1/s1. The Bertz CT molecular complexity index is 1150. The van der Waals surface area contributed by atoms with E-state index in [0.29, 0.717) is 18.7 Å². The van der Waals surface area contributed by atoms with Gasteiger partial charge >= 0.3 is 5.97 Å². The molecule has 2 aliphatic rings. The van der Waals surface area contributed by atoms with Crippen LogP contribution in [-0.4, -0.2) is 42.0 Å². The summed E-state index contributed by atoms with van der Waals surface area (Å²) in [7, 11) is -3.90. The summed E-state index contributed by atoms with van der Waals surface area (Å²) in [6.07, 6.45) is 4.13. The van der Waals surface area contributed by atoms with E-state index >= 15 is 0 Å². The van der Waals surface area contributed by atoms with Crippen LogP contribution in [0.4, 0.5) is 0 Å². The summed E-state index contributed by atoms with van der Waals surface area (Å²) in [6, 6.07) is 7.46. The highest BCUT2D eigenvalue weighted by Crippen LogP contribution is 2.24. The molecule has 1 atom stereocenters. The maximum Gasteiger partial charge on any atom is 0.324 e. The Morgan fingerprint density at radius 3 is 2.59 bits per heavy atom. The molecule has 0 bridgehead atoms. The van der Waals surface area contributed by atoms with E-state index in [2.05, 4.69) is 26.3 Å². The van der Waals surface area contributed by atoms with Crippen molar-refractivity contribution in [3.63, 3.8) is 0 Å². The minimum absolute atomic E-state index is 0.0287. The first-order chi connectivity index (χ1) is 15.2. The lowest BCUT2D eigenvalue weighted by atomic mass is 10.1. The average molecular weight is 457 g/mol. The number of esters is 1. The summed E-state index contributed by atoms with van der Waals surface area (Å²) in [6.45, 7) is 9.20. The van der Waals surface area contributed by atoms with Gasteiger partial charge in [-0.25, -0.2) is 18.4 Å². The first-order valence-corrected chi connectivity index (χ1v) is 11.9. The van der Waals surface area contributed by atoms with Gasteiger partial charge in [-0.2, -0.15) is 4.72 Å². The summed E-state index contributed by atoms with van der Waals surface area (Å²) in [5, 5.41) is 0. The lowest BCUT2D eigenvalue weighted by Gasteiger charge is -2.19. The molecule has 3 rings (SSSR count). The van der Waals surface area contributed by atoms with Gasteiger partial charge in [0.15, 0.2) is 0 Å². The third-order valence-corrected chi connectivity index (χ3v) is 6.32. The van der Waals surface area contributed by atoms with E-state index in [-0.39, 0.29) is 17.4 Å². The number of aromatic nitrogens is 3. The van der Waals surface area contributed by atoms with Crippen molar-refractivity contribution < 1.29 is 17.9 Å². The number of rotatable bonds is 10. The number of imidazole rings is 1. The monoisotopic (exact) mass is 456 g/mol. The van der Waals surface area contributed by atoms with Crippen molar-refractivity contribution >= 4 is 16.0 Å². The number of hydrogen-bond donors (Lipinski definition) is 2. The van der Waals surface area contributed by atoms with Crippen LogP contribution in [0, 0.1) is 12.8 Å². The molecule has 170 valence electrons. The molecule has 1 aromatic rings. The number of H-pyrrole nitrogens is 1. The Kier molecular flexibility index (Phi) is 7.42. The van der Waals surface area contributed by atoms with Gasteiger partial charge in [-0.15, -0.1) is 0 Å². The summed E-state index contributed by atoms with van der Waals surface area (Å²) in [5.41, 5.74) is 3.44. The van der Waals surface area contributed by atoms with Crippen molar-refractivity contribution in [1.29, 1.82) is 0 Å². The van der Waals surface area contributed by atoms with Crippen LogP contribution in [0.1, 0.15) is 37.4 Å². The molecule has 2 aliphatic heterocycles. The molecule has 0 fully saturated rings. The predicted octanol–water partition coefficient (Wildman–Crippen LogP) is 3.23. The zero-order chi connectivity index (χ0) is 23.3. The number of carbonyl (C=O) groups is 1. The molecule has 0 aliphatic carbocycles. The second-order valence-electron chi connectivity index (χ2n) is 8.00. The highest BCUT2D eigenvalue weighted by molar-refractivity contribution is 7.89. The van der Waals surface area contributed by atoms with Gasteiger partial charge in [0.2, 0.25) is 10.0 Å². The Labute approximate surface area is 188 Å². The van der Waals surface area contributed by atoms with Crippen LogP contribution in [0.25, 0.3) is 11.4 Å². The van der Waals surface area contributed by atoms with Gasteiger partial charge in [0, 0.05) is 18.3 Å². The van der Waals surface area contributed by atoms with Crippen LogP contribution in [0.3, 0.4) is 0 Å². The van der Waals surface area contributed by atoms with Crippen molar-refractivity contribution in [2.75, 3.05) is 6.61 Å². The first-order valence-electron chi connectivity index (χ1n) is 10.4. The topological polar surface area (TPSA) is 114 Å². The maximum absolute atomic E-state index is 12.9. The van der Waals surface area contributed by atoms with E-state index in [1.807, 2.05) is 33.0 Å². The van der Waals surface area contributed by atoms with Crippen LogP contribution in [0.2, 0.25) is 0 Å². The molecule has 0 unspecified atom stereocenters. The number of hydrogen-bond acceptors (Lipinski definition) is 6. The summed E-state index contributed by atoms with van der Waals surface area (Å²) in [5.74, 6) is 0.188. The summed E-state index contributed by atoms with van der Waals surface area (Å²) < 4.78 is 33.3. The maximum atomic E-state index is 12.9. The van der Waals surface area contributed by atoms with Gasteiger partial charge in [-0.05, 0) is 43.0 Å². The number of nitrogens with zero attached hydrogens (tertiary/aromatic N) is 2. The fraction of sp³-hybridized carbons (Fsp3) is 0.348. The molecule has 2 N–H and O–H groups in total. The highest BCUT2D eigenvalue weighted by atomic mass is 32.2. The highest BCUT2D eigenvalue weighted by Gasteiger charge is 2.27. The number of aryl methyl sites for hydroxylation is 1. The number of benzene rings is 1. The molecule has 0 amide bonds. The Morgan fingerprint density at radius 1 is 1.22 bits per heavy atom. The molecule has 0 spiro atoms. The summed E-state index contributed by atoms with van der Waals surface area (Å²) in [4.78, 5) is 24.4. The van der Waals surface area contributed by atoms with Gasteiger partial charge in [-0.3, -0.25) is 4.79 Å². The molecular weight excluding hydrogens is 428 g/mol. The molecule has 0 saturated heterocycles. The second-order valence-corrected chi connectivity index (χ2v) is 9.72. The largest absolute Gasteiger partial charge is 0.460 e. The van der Waals surface area contributed by atoms with E-state index in [1.165, 1.54) is 18.2 Å². The van der Waals surface area contributed by atoms with Crippen molar-refractivity contribution in [2.45, 2.75) is 44.6 Å². The molecule has 0 aromatic heterocycles. The van der Waals surface area contributed by atoms with Crippen molar-refractivity contribution in [3.8, 4) is 11.4 Å². The normalized spacial score (nSPS) is 12.8. The van der Waals surface area contributed by atoms with Gasteiger partial charge in [0.25, 0.3) is 0 Å². The lowest BCUT2D eigenvalue weighted by molar-refractivity contribution is -0.144. The van der Waals surface area contributed by atoms with Crippen LogP contribution in [0.15, 0.2) is 54.1 Å². The molecule has 9 heteroatoms.